The summed E-state index contributed by atoms with van der Waals surface area (Å²) in [5.74, 6) is -0.887. The Balaban J connectivity index is 1.83. The zero-order chi connectivity index (χ0) is 21.0. The number of carbonyl (C=O) groups excluding carboxylic acids is 1. The lowest BCUT2D eigenvalue weighted by Crippen LogP contribution is -2.30. The van der Waals surface area contributed by atoms with Gasteiger partial charge < -0.3 is 5.32 Å². The molecule has 0 saturated carbocycles. The first-order chi connectivity index (χ1) is 13.8. The number of nitrogens with zero attached hydrogens (tertiary/aromatic N) is 3. The van der Waals surface area contributed by atoms with Gasteiger partial charge in [0, 0.05) is 15.6 Å². The van der Waals surface area contributed by atoms with Gasteiger partial charge in [-0.15, -0.1) is 0 Å². The third kappa shape index (κ3) is 5.02. The number of halogens is 3. The average molecular weight is 454 g/mol. The molecule has 0 aliphatic rings. The van der Waals surface area contributed by atoms with E-state index in [1.165, 1.54) is 18.2 Å². The Labute approximate surface area is 179 Å². The molecule has 3 N–H and O–H groups in total. The van der Waals surface area contributed by atoms with Crippen LogP contribution in [0.5, 0.6) is 0 Å². The van der Waals surface area contributed by atoms with Gasteiger partial charge in [0.05, 0.1) is 15.6 Å². The molecular formula is C17H11Cl3N6O3. The Kier molecular flexibility index (Phi) is 6.32. The minimum Gasteiger partial charge on any atom is -0.333 e. The zero-order valence-electron chi connectivity index (χ0n) is 14.3. The van der Waals surface area contributed by atoms with Gasteiger partial charge in [0.1, 0.15) is 6.33 Å². The molecule has 9 nitrogen and oxygen atoms in total. The maximum absolute atomic E-state index is 12.2. The summed E-state index contributed by atoms with van der Waals surface area (Å²) in [5, 5.41) is 15.5. The summed E-state index contributed by atoms with van der Waals surface area (Å²) in [4.78, 5) is 30.8. The minimum absolute atomic E-state index is 0.127. The van der Waals surface area contributed by atoms with Crippen molar-refractivity contribution < 1.29 is 9.72 Å². The smallest absolute Gasteiger partial charge is 0.333 e. The van der Waals surface area contributed by atoms with Crippen LogP contribution in [0, 0.1) is 10.1 Å². The molecule has 1 heterocycles. The monoisotopic (exact) mass is 452 g/mol. The van der Waals surface area contributed by atoms with Crippen LogP contribution >= 0.6 is 34.8 Å². The summed E-state index contributed by atoms with van der Waals surface area (Å²) in [5.41, 5.74) is 4.94. The van der Waals surface area contributed by atoms with E-state index in [0.29, 0.717) is 21.3 Å². The van der Waals surface area contributed by atoms with Crippen molar-refractivity contribution in [3.8, 4) is 0 Å². The summed E-state index contributed by atoms with van der Waals surface area (Å²) in [6, 6.07) is 10.7. The Morgan fingerprint density at radius 1 is 0.966 bits per heavy atom. The fourth-order valence-corrected chi connectivity index (χ4v) is 2.82. The number of hydrazine groups is 1. The molecule has 29 heavy (non-hydrogen) atoms. The Hall–Kier alpha value is -3.14. The highest BCUT2D eigenvalue weighted by Crippen LogP contribution is 2.34. The number of carbonyl (C=O) groups is 1. The Morgan fingerprint density at radius 3 is 2.28 bits per heavy atom. The summed E-state index contributed by atoms with van der Waals surface area (Å²) in [7, 11) is 0. The summed E-state index contributed by atoms with van der Waals surface area (Å²) >= 11 is 17.7. The molecule has 0 fully saturated rings. The summed E-state index contributed by atoms with van der Waals surface area (Å²) in [6.07, 6.45) is 1.09. The molecule has 0 spiro atoms. The first-order valence-electron chi connectivity index (χ1n) is 7.88. The lowest BCUT2D eigenvalue weighted by molar-refractivity contribution is -0.383. The first-order valence-corrected chi connectivity index (χ1v) is 9.02. The number of aromatic nitrogens is 2. The van der Waals surface area contributed by atoms with E-state index in [4.69, 9.17) is 34.8 Å². The number of hydrogen-bond acceptors (Lipinski definition) is 7. The number of hydrogen-bond donors (Lipinski definition) is 3. The molecule has 0 unspecified atom stereocenters. The number of amides is 1. The lowest BCUT2D eigenvalue weighted by atomic mass is 10.2. The predicted molar refractivity (Wildman–Crippen MR) is 111 cm³/mol. The number of anilines is 3. The second-order valence-electron chi connectivity index (χ2n) is 5.51. The fourth-order valence-electron chi connectivity index (χ4n) is 2.24. The largest absolute Gasteiger partial charge is 0.355 e. The second-order valence-corrected chi connectivity index (χ2v) is 6.79. The van der Waals surface area contributed by atoms with Crippen LogP contribution in [0.2, 0.25) is 15.1 Å². The zero-order valence-corrected chi connectivity index (χ0v) is 16.6. The van der Waals surface area contributed by atoms with Gasteiger partial charge in [-0.1, -0.05) is 34.8 Å². The van der Waals surface area contributed by atoms with Gasteiger partial charge in [-0.05, 0) is 42.5 Å². The van der Waals surface area contributed by atoms with Crippen LogP contribution in [0.3, 0.4) is 0 Å². The van der Waals surface area contributed by atoms with Crippen LogP contribution in [-0.2, 0) is 0 Å². The topological polar surface area (TPSA) is 122 Å². The first kappa shape index (κ1) is 20.6. The van der Waals surface area contributed by atoms with E-state index in [1.54, 1.807) is 24.3 Å². The highest BCUT2D eigenvalue weighted by molar-refractivity contribution is 6.36. The molecule has 12 heteroatoms. The average Bonchev–Trinajstić information content (AvgIpc) is 2.68. The number of benzene rings is 2. The minimum atomic E-state index is -0.692. The van der Waals surface area contributed by atoms with Crippen LogP contribution < -0.4 is 16.2 Å². The molecular weight excluding hydrogens is 443 g/mol. The maximum Gasteiger partial charge on any atom is 0.355 e. The molecule has 0 atom stereocenters. The van der Waals surface area contributed by atoms with Gasteiger partial charge in [-0.2, -0.15) is 0 Å². The van der Waals surface area contributed by atoms with E-state index >= 15 is 0 Å². The number of nitro groups is 1. The predicted octanol–water partition coefficient (Wildman–Crippen LogP) is 4.85. The van der Waals surface area contributed by atoms with Crippen molar-refractivity contribution in [3.63, 3.8) is 0 Å². The lowest BCUT2D eigenvalue weighted by Gasteiger charge is -2.12. The molecule has 1 aromatic heterocycles. The van der Waals surface area contributed by atoms with E-state index in [0.717, 1.165) is 6.33 Å². The summed E-state index contributed by atoms with van der Waals surface area (Å²) in [6.45, 7) is 0. The normalized spacial score (nSPS) is 10.3. The quantitative estimate of drug-likeness (QED) is 0.360. The highest BCUT2D eigenvalue weighted by Gasteiger charge is 2.24. The van der Waals surface area contributed by atoms with Crippen molar-refractivity contribution in [3.05, 3.63) is 79.5 Å². The van der Waals surface area contributed by atoms with E-state index in [-0.39, 0.29) is 16.7 Å². The third-order valence-corrected chi connectivity index (χ3v) is 4.39. The Morgan fingerprint density at radius 2 is 1.62 bits per heavy atom. The second kappa shape index (κ2) is 8.91. The van der Waals surface area contributed by atoms with Gasteiger partial charge in [-0.25, -0.2) is 9.97 Å². The van der Waals surface area contributed by atoms with Gasteiger partial charge in [0.15, 0.2) is 0 Å². The van der Waals surface area contributed by atoms with Crippen molar-refractivity contribution in [1.82, 2.24) is 15.4 Å². The Bertz CT molecular complexity index is 1080. The van der Waals surface area contributed by atoms with E-state index < -0.39 is 16.5 Å². The molecule has 148 valence electrons. The van der Waals surface area contributed by atoms with Crippen LogP contribution in [0.1, 0.15) is 10.4 Å². The van der Waals surface area contributed by atoms with Gasteiger partial charge in [-0.3, -0.25) is 25.8 Å². The van der Waals surface area contributed by atoms with Crippen molar-refractivity contribution in [1.29, 1.82) is 0 Å². The molecule has 3 rings (SSSR count). The van der Waals surface area contributed by atoms with Crippen LogP contribution in [-0.4, -0.2) is 20.8 Å². The fraction of sp³-hybridized carbons (Fsp3) is 0. The molecule has 0 saturated heterocycles. The molecule has 3 aromatic rings. The molecule has 0 bridgehead atoms. The standard InChI is InChI=1S/C17H11Cl3N6O3/c18-10-3-1-9(2-4-10)17(27)25-24-16-14(26(28)29)15(21-8-22-16)23-13-6-5-11(19)7-12(13)20/h1-8H,(H,25,27)(H2,21,22,23,24). The van der Waals surface area contributed by atoms with Gasteiger partial charge in [0.25, 0.3) is 5.91 Å². The van der Waals surface area contributed by atoms with Crippen molar-refractivity contribution in [2.24, 2.45) is 0 Å². The van der Waals surface area contributed by atoms with E-state index in [1.807, 2.05) is 0 Å². The molecule has 2 aromatic carbocycles. The van der Waals surface area contributed by atoms with Crippen molar-refractivity contribution >= 4 is 63.7 Å². The molecule has 0 aliphatic heterocycles. The van der Waals surface area contributed by atoms with Crippen molar-refractivity contribution in [2.45, 2.75) is 0 Å². The van der Waals surface area contributed by atoms with Gasteiger partial charge >= 0.3 is 5.69 Å². The molecule has 0 aliphatic carbocycles. The van der Waals surface area contributed by atoms with Crippen molar-refractivity contribution in [2.75, 3.05) is 10.7 Å². The maximum atomic E-state index is 12.2. The van der Waals surface area contributed by atoms with Crippen LogP contribution in [0.25, 0.3) is 0 Å². The van der Waals surface area contributed by atoms with Crippen LogP contribution in [0.4, 0.5) is 23.0 Å². The molecule has 0 radical (unpaired) electrons. The van der Waals surface area contributed by atoms with Crippen LogP contribution in [0.15, 0.2) is 48.8 Å². The van der Waals surface area contributed by atoms with E-state index in [9.17, 15) is 14.9 Å². The number of rotatable bonds is 6. The van der Waals surface area contributed by atoms with E-state index in [2.05, 4.69) is 26.1 Å². The highest BCUT2D eigenvalue weighted by atomic mass is 35.5. The van der Waals surface area contributed by atoms with Gasteiger partial charge in [0.2, 0.25) is 11.6 Å². The number of nitrogens with one attached hydrogen (secondary N) is 3. The summed E-state index contributed by atoms with van der Waals surface area (Å²) < 4.78 is 0. The molecule has 1 amide bonds. The third-order valence-electron chi connectivity index (χ3n) is 3.59. The SMILES string of the molecule is O=C(NNc1ncnc(Nc2ccc(Cl)cc2Cl)c1[N+](=O)[O-])c1ccc(Cl)cc1.